The van der Waals surface area contributed by atoms with Gasteiger partial charge in [0.1, 0.15) is 4.88 Å². The van der Waals surface area contributed by atoms with E-state index in [1.165, 1.54) is 0 Å². The molecule has 2 aliphatic rings. The topological polar surface area (TPSA) is 84.0 Å². The number of rotatable bonds is 6. The van der Waals surface area contributed by atoms with Gasteiger partial charge >= 0.3 is 0 Å². The van der Waals surface area contributed by atoms with Gasteiger partial charge in [0.05, 0.1) is 10.6 Å². The molecule has 0 aliphatic heterocycles. The standard InChI is InChI=1S/C31H49N5O2SSi/c1-21-10-12-22(13-11-21)29(37)36(23-14-16-24(17-15-23)38-40(8,9)31(5,6)7)26-20-25(18-19-30(2,3)4)39-27(26)28-32-34-35-33-28/h20-24H,10-17H2,1-9H3,(H,32,33,34,35). The lowest BCUT2D eigenvalue weighted by atomic mass is 9.81. The summed E-state index contributed by atoms with van der Waals surface area (Å²) >= 11 is 1.55. The lowest BCUT2D eigenvalue weighted by Crippen LogP contribution is -2.49. The maximum Gasteiger partial charge on any atom is 0.230 e. The largest absolute Gasteiger partial charge is 0.414 e. The Hall–Kier alpha value is -2.02. The van der Waals surface area contributed by atoms with E-state index in [1.807, 2.05) is 0 Å². The van der Waals surface area contributed by atoms with Crippen LogP contribution in [0, 0.1) is 29.1 Å². The molecule has 1 N–H and O–H groups in total. The Kier molecular flexibility index (Phi) is 9.33. The number of H-pyrrole nitrogens is 1. The highest BCUT2D eigenvalue weighted by Crippen LogP contribution is 2.44. The summed E-state index contributed by atoms with van der Waals surface area (Å²) in [6.07, 6.45) is 8.20. The van der Waals surface area contributed by atoms with Gasteiger partial charge in [-0.2, -0.15) is 5.21 Å². The first-order valence-corrected chi connectivity index (χ1v) is 18.8. The van der Waals surface area contributed by atoms with Crippen molar-refractivity contribution in [1.29, 1.82) is 0 Å². The van der Waals surface area contributed by atoms with Crippen molar-refractivity contribution in [1.82, 2.24) is 20.6 Å². The van der Waals surface area contributed by atoms with Crippen molar-refractivity contribution in [2.45, 2.75) is 130 Å². The van der Waals surface area contributed by atoms with Gasteiger partial charge in [0, 0.05) is 23.5 Å². The number of carbonyl (C=O) groups is 1. The van der Waals surface area contributed by atoms with Gasteiger partial charge in [-0.05, 0) is 107 Å². The molecule has 2 aliphatic carbocycles. The Labute approximate surface area is 246 Å². The fourth-order valence-corrected chi connectivity index (χ4v) is 7.86. The molecule has 0 bridgehead atoms. The number of carbonyl (C=O) groups excluding carboxylic acids is 1. The van der Waals surface area contributed by atoms with E-state index in [1.54, 1.807) is 11.3 Å². The SMILES string of the molecule is CC1CCC(C(=O)N(c2cc(C#CC(C)(C)C)sc2-c2nn[nH]n2)C2CCC(O[Si](C)(C)C(C)(C)C)CC2)CC1. The lowest BCUT2D eigenvalue weighted by molar-refractivity contribution is -0.124. The van der Waals surface area contributed by atoms with Crippen LogP contribution in [0.1, 0.15) is 105 Å². The van der Waals surface area contributed by atoms with E-state index in [-0.39, 0.29) is 34.4 Å². The molecule has 40 heavy (non-hydrogen) atoms. The molecule has 0 radical (unpaired) electrons. The average molecular weight is 584 g/mol. The molecule has 2 aromatic heterocycles. The molecular formula is C31H49N5O2SSi. The second-order valence-corrected chi connectivity index (χ2v) is 20.3. The first kappa shape index (κ1) is 30.9. The summed E-state index contributed by atoms with van der Waals surface area (Å²) in [6, 6.07) is 2.21. The number of thiophene rings is 1. The van der Waals surface area contributed by atoms with Gasteiger partial charge < -0.3 is 9.33 Å². The third kappa shape index (κ3) is 7.43. The van der Waals surface area contributed by atoms with Gasteiger partial charge in [0.2, 0.25) is 11.7 Å². The van der Waals surface area contributed by atoms with Crippen LogP contribution in [0.4, 0.5) is 5.69 Å². The van der Waals surface area contributed by atoms with Crippen molar-refractivity contribution in [3.63, 3.8) is 0 Å². The second kappa shape index (κ2) is 12.1. The van der Waals surface area contributed by atoms with Crippen molar-refractivity contribution in [3.05, 3.63) is 10.9 Å². The lowest BCUT2D eigenvalue weighted by Gasteiger charge is -2.43. The Balaban J connectivity index is 1.67. The van der Waals surface area contributed by atoms with Gasteiger partial charge in [0.15, 0.2) is 8.32 Å². The summed E-state index contributed by atoms with van der Waals surface area (Å²) < 4.78 is 6.80. The molecule has 0 unspecified atom stereocenters. The average Bonchev–Trinajstić information content (AvgIpc) is 3.53. The minimum absolute atomic E-state index is 0.0551. The highest BCUT2D eigenvalue weighted by atomic mass is 32.1. The summed E-state index contributed by atoms with van der Waals surface area (Å²) in [7, 11) is -1.85. The zero-order valence-electron chi connectivity index (χ0n) is 26.1. The zero-order valence-corrected chi connectivity index (χ0v) is 27.9. The van der Waals surface area contributed by atoms with Crippen molar-refractivity contribution in [3.8, 4) is 22.5 Å². The molecule has 0 saturated heterocycles. The van der Waals surface area contributed by atoms with E-state index in [9.17, 15) is 4.79 Å². The van der Waals surface area contributed by atoms with Crippen LogP contribution in [-0.2, 0) is 9.22 Å². The minimum atomic E-state index is -1.85. The molecule has 2 saturated carbocycles. The van der Waals surface area contributed by atoms with Crippen LogP contribution in [0.15, 0.2) is 6.07 Å². The van der Waals surface area contributed by atoms with Gasteiger partial charge in [-0.25, -0.2) is 0 Å². The van der Waals surface area contributed by atoms with Crippen LogP contribution < -0.4 is 4.90 Å². The zero-order chi connectivity index (χ0) is 29.3. The number of tetrazole rings is 1. The fraction of sp³-hybridized carbons (Fsp3) is 0.742. The number of nitrogens with one attached hydrogen (secondary N) is 1. The van der Waals surface area contributed by atoms with Gasteiger partial charge in [0.25, 0.3) is 0 Å². The molecule has 4 rings (SSSR count). The quantitative estimate of drug-likeness (QED) is 0.277. The molecule has 2 fully saturated rings. The smallest absolute Gasteiger partial charge is 0.230 e. The number of aromatic amines is 1. The van der Waals surface area contributed by atoms with Crippen LogP contribution in [0.25, 0.3) is 10.7 Å². The van der Waals surface area contributed by atoms with E-state index in [0.29, 0.717) is 11.7 Å². The molecule has 2 heterocycles. The maximum atomic E-state index is 14.4. The summed E-state index contributed by atoms with van der Waals surface area (Å²) in [5.41, 5.74) is 0.773. The van der Waals surface area contributed by atoms with E-state index in [2.05, 4.69) is 105 Å². The minimum Gasteiger partial charge on any atom is -0.414 e. The summed E-state index contributed by atoms with van der Waals surface area (Å²) in [6.45, 7) is 20.2. The van der Waals surface area contributed by atoms with Crippen molar-refractivity contribution in [2.24, 2.45) is 17.3 Å². The first-order chi connectivity index (χ1) is 18.6. The molecule has 1 amide bonds. The molecule has 220 valence electrons. The Morgan fingerprint density at radius 2 is 1.70 bits per heavy atom. The number of hydrogen-bond acceptors (Lipinski definition) is 6. The van der Waals surface area contributed by atoms with Crippen molar-refractivity contribution < 1.29 is 9.22 Å². The number of anilines is 1. The highest BCUT2D eigenvalue weighted by molar-refractivity contribution is 7.16. The molecule has 0 spiro atoms. The van der Waals surface area contributed by atoms with E-state index < -0.39 is 8.32 Å². The molecule has 0 aromatic carbocycles. The summed E-state index contributed by atoms with van der Waals surface area (Å²) in [5.74, 6) is 8.24. The van der Waals surface area contributed by atoms with Crippen molar-refractivity contribution >= 4 is 31.2 Å². The number of aromatic nitrogens is 4. The number of nitrogens with zero attached hydrogens (tertiary/aromatic N) is 4. The van der Waals surface area contributed by atoms with Gasteiger partial charge in [-0.1, -0.05) is 39.5 Å². The number of hydrogen-bond donors (Lipinski definition) is 1. The molecule has 9 heteroatoms. The highest BCUT2D eigenvalue weighted by Gasteiger charge is 2.42. The monoisotopic (exact) mass is 583 g/mol. The summed E-state index contributed by atoms with van der Waals surface area (Å²) in [5, 5.41) is 15.2. The number of amides is 1. The van der Waals surface area contributed by atoms with Crippen molar-refractivity contribution in [2.75, 3.05) is 4.90 Å². The predicted molar refractivity (Wildman–Crippen MR) is 167 cm³/mol. The van der Waals surface area contributed by atoms with E-state index >= 15 is 0 Å². The van der Waals surface area contributed by atoms with Gasteiger partial charge in [-0.15, -0.1) is 21.5 Å². The van der Waals surface area contributed by atoms with Crippen LogP contribution in [0.2, 0.25) is 18.1 Å². The maximum absolute atomic E-state index is 14.4. The Bertz CT molecular complexity index is 1200. The normalized spacial score (nSPS) is 24.3. The van der Waals surface area contributed by atoms with E-state index in [0.717, 1.165) is 66.8 Å². The van der Waals surface area contributed by atoms with Crippen LogP contribution >= 0.6 is 11.3 Å². The molecular weight excluding hydrogens is 535 g/mol. The van der Waals surface area contributed by atoms with Crippen LogP contribution in [0.3, 0.4) is 0 Å². The Morgan fingerprint density at radius 3 is 2.25 bits per heavy atom. The third-order valence-corrected chi connectivity index (χ3v) is 14.5. The predicted octanol–water partition coefficient (Wildman–Crippen LogP) is 7.82. The molecule has 7 nitrogen and oxygen atoms in total. The van der Waals surface area contributed by atoms with E-state index in [4.69, 9.17) is 4.43 Å². The van der Waals surface area contributed by atoms with Crippen LogP contribution in [-0.4, -0.2) is 47.0 Å². The first-order valence-electron chi connectivity index (χ1n) is 15.1. The molecule has 2 aromatic rings. The molecule has 0 atom stereocenters. The van der Waals surface area contributed by atoms with Gasteiger partial charge in [-0.3, -0.25) is 4.79 Å². The Morgan fingerprint density at radius 1 is 1.05 bits per heavy atom. The summed E-state index contributed by atoms with van der Waals surface area (Å²) in [4.78, 5) is 18.3. The second-order valence-electron chi connectivity index (χ2n) is 14.5. The fourth-order valence-electron chi connectivity index (χ4n) is 5.50. The third-order valence-electron chi connectivity index (χ3n) is 8.96. The van der Waals surface area contributed by atoms with Crippen LogP contribution in [0.5, 0.6) is 0 Å².